The van der Waals surface area contributed by atoms with Crippen LogP contribution in [0.1, 0.15) is 24.0 Å². The summed E-state index contributed by atoms with van der Waals surface area (Å²) in [7, 11) is 1.96. The van der Waals surface area contributed by atoms with Gasteiger partial charge in [0.15, 0.2) is 0 Å². The molecule has 0 saturated heterocycles. The summed E-state index contributed by atoms with van der Waals surface area (Å²) in [5.41, 5.74) is 2.39. The lowest BCUT2D eigenvalue weighted by Crippen LogP contribution is -2.14. The van der Waals surface area contributed by atoms with Crippen LogP contribution in [0.15, 0.2) is 46.9 Å². The SMILES string of the molecule is CNCC(C)c1ccc(COc2ccc(F)cc2Br)cc1. The molecule has 0 saturated carbocycles. The summed E-state index contributed by atoms with van der Waals surface area (Å²) in [6.07, 6.45) is 0. The molecule has 0 aliphatic rings. The molecule has 21 heavy (non-hydrogen) atoms. The van der Waals surface area contributed by atoms with E-state index < -0.39 is 0 Å². The second kappa shape index (κ2) is 7.57. The highest BCUT2D eigenvalue weighted by atomic mass is 79.9. The molecule has 0 amide bonds. The van der Waals surface area contributed by atoms with Crippen LogP contribution in [0.4, 0.5) is 4.39 Å². The smallest absolute Gasteiger partial charge is 0.134 e. The van der Waals surface area contributed by atoms with Gasteiger partial charge in [-0.25, -0.2) is 4.39 Å². The Kier molecular flexibility index (Phi) is 5.76. The van der Waals surface area contributed by atoms with Crippen LogP contribution in [0, 0.1) is 5.82 Å². The van der Waals surface area contributed by atoms with E-state index in [-0.39, 0.29) is 5.82 Å². The Morgan fingerprint density at radius 1 is 1.19 bits per heavy atom. The van der Waals surface area contributed by atoms with E-state index in [0.29, 0.717) is 22.7 Å². The number of halogens is 2. The number of likely N-dealkylation sites (N-methyl/N-ethyl adjacent to an activating group) is 1. The first kappa shape index (κ1) is 16.0. The van der Waals surface area contributed by atoms with Crippen molar-refractivity contribution in [3.05, 3.63) is 63.9 Å². The molecule has 0 aliphatic heterocycles. The van der Waals surface area contributed by atoms with Gasteiger partial charge in [-0.2, -0.15) is 0 Å². The normalized spacial score (nSPS) is 12.2. The number of benzene rings is 2. The minimum absolute atomic E-state index is 0.280. The summed E-state index contributed by atoms with van der Waals surface area (Å²) in [5.74, 6) is 0.845. The summed E-state index contributed by atoms with van der Waals surface area (Å²) in [4.78, 5) is 0. The van der Waals surface area contributed by atoms with Gasteiger partial charge in [-0.05, 0) is 58.2 Å². The molecule has 0 radical (unpaired) electrons. The van der Waals surface area contributed by atoms with Crippen molar-refractivity contribution < 1.29 is 9.13 Å². The highest BCUT2D eigenvalue weighted by Crippen LogP contribution is 2.26. The molecule has 2 rings (SSSR count). The highest BCUT2D eigenvalue weighted by Gasteiger charge is 2.06. The Bertz CT molecular complexity index is 586. The zero-order valence-electron chi connectivity index (χ0n) is 12.2. The van der Waals surface area contributed by atoms with E-state index in [9.17, 15) is 4.39 Å². The Morgan fingerprint density at radius 3 is 2.52 bits per heavy atom. The van der Waals surface area contributed by atoms with Gasteiger partial charge in [-0.1, -0.05) is 31.2 Å². The maximum absolute atomic E-state index is 13.0. The Morgan fingerprint density at radius 2 is 1.90 bits per heavy atom. The molecule has 2 aromatic carbocycles. The second-order valence-corrected chi connectivity index (χ2v) is 5.92. The van der Waals surface area contributed by atoms with Crippen molar-refractivity contribution in [3.63, 3.8) is 0 Å². The van der Waals surface area contributed by atoms with Crippen LogP contribution in [0.2, 0.25) is 0 Å². The third-order valence-corrected chi connectivity index (χ3v) is 3.97. The summed E-state index contributed by atoms with van der Waals surface area (Å²) in [5, 5.41) is 3.18. The molecule has 0 aliphatic carbocycles. The summed E-state index contributed by atoms with van der Waals surface area (Å²) in [6.45, 7) is 3.61. The third kappa shape index (κ3) is 4.55. The Balaban J connectivity index is 1.97. The summed E-state index contributed by atoms with van der Waals surface area (Å²) < 4.78 is 19.3. The predicted molar refractivity (Wildman–Crippen MR) is 87.2 cm³/mol. The van der Waals surface area contributed by atoms with Gasteiger partial charge in [-0.3, -0.25) is 0 Å². The van der Waals surface area contributed by atoms with Crippen LogP contribution >= 0.6 is 15.9 Å². The van der Waals surface area contributed by atoms with E-state index in [1.54, 1.807) is 6.07 Å². The van der Waals surface area contributed by atoms with Crippen LogP contribution in [-0.4, -0.2) is 13.6 Å². The minimum atomic E-state index is -0.280. The first-order valence-corrected chi connectivity index (χ1v) is 7.70. The zero-order valence-corrected chi connectivity index (χ0v) is 13.8. The summed E-state index contributed by atoms with van der Waals surface area (Å²) >= 11 is 3.30. The van der Waals surface area contributed by atoms with Crippen molar-refractivity contribution in [1.29, 1.82) is 0 Å². The fraction of sp³-hybridized carbons (Fsp3) is 0.294. The Hall–Kier alpha value is -1.39. The molecule has 0 aromatic heterocycles. The zero-order chi connectivity index (χ0) is 15.2. The van der Waals surface area contributed by atoms with Crippen molar-refractivity contribution in [2.45, 2.75) is 19.4 Å². The average molecular weight is 352 g/mol. The first-order chi connectivity index (χ1) is 10.1. The quantitative estimate of drug-likeness (QED) is 0.827. The lowest BCUT2D eigenvalue weighted by Gasteiger charge is -2.12. The molecule has 0 spiro atoms. The molecule has 0 heterocycles. The topological polar surface area (TPSA) is 21.3 Å². The predicted octanol–water partition coefficient (Wildman–Crippen LogP) is 4.49. The monoisotopic (exact) mass is 351 g/mol. The first-order valence-electron chi connectivity index (χ1n) is 6.91. The van der Waals surface area contributed by atoms with Crippen LogP contribution < -0.4 is 10.1 Å². The molecule has 1 atom stereocenters. The van der Waals surface area contributed by atoms with E-state index in [1.807, 2.05) is 7.05 Å². The molecule has 0 fully saturated rings. The fourth-order valence-corrected chi connectivity index (χ4v) is 2.59. The van der Waals surface area contributed by atoms with Crippen LogP contribution in [-0.2, 0) is 6.61 Å². The van der Waals surface area contributed by atoms with Crippen molar-refractivity contribution in [1.82, 2.24) is 5.32 Å². The lowest BCUT2D eigenvalue weighted by atomic mass is 10.00. The van der Waals surface area contributed by atoms with Gasteiger partial charge in [0, 0.05) is 6.54 Å². The van der Waals surface area contributed by atoms with Crippen molar-refractivity contribution >= 4 is 15.9 Å². The van der Waals surface area contributed by atoms with Gasteiger partial charge in [0.25, 0.3) is 0 Å². The molecule has 2 aromatic rings. The number of nitrogens with one attached hydrogen (secondary N) is 1. The average Bonchev–Trinajstić information content (AvgIpc) is 2.47. The van der Waals surface area contributed by atoms with E-state index in [1.165, 1.54) is 17.7 Å². The van der Waals surface area contributed by atoms with E-state index in [4.69, 9.17) is 4.74 Å². The molecular weight excluding hydrogens is 333 g/mol. The van der Waals surface area contributed by atoms with Gasteiger partial charge in [0.2, 0.25) is 0 Å². The molecule has 4 heteroatoms. The van der Waals surface area contributed by atoms with Crippen LogP contribution in [0.3, 0.4) is 0 Å². The molecule has 0 bridgehead atoms. The molecule has 1 N–H and O–H groups in total. The Labute approximate surface area is 133 Å². The van der Waals surface area contributed by atoms with Crippen molar-refractivity contribution in [3.8, 4) is 5.75 Å². The second-order valence-electron chi connectivity index (χ2n) is 5.06. The van der Waals surface area contributed by atoms with Gasteiger partial charge >= 0.3 is 0 Å². The molecule has 112 valence electrons. The van der Waals surface area contributed by atoms with E-state index >= 15 is 0 Å². The maximum atomic E-state index is 13.0. The molecular formula is C17H19BrFNO. The minimum Gasteiger partial charge on any atom is -0.488 e. The van der Waals surface area contributed by atoms with Crippen molar-refractivity contribution in [2.75, 3.05) is 13.6 Å². The molecule has 1 unspecified atom stereocenters. The number of hydrogen-bond acceptors (Lipinski definition) is 2. The maximum Gasteiger partial charge on any atom is 0.134 e. The van der Waals surface area contributed by atoms with Crippen LogP contribution in [0.25, 0.3) is 0 Å². The van der Waals surface area contributed by atoms with Crippen molar-refractivity contribution in [2.24, 2.45) is 0 Å². The highest BCUT2D eigenvalue weighted by molar-refractivity contribution is 9.10. The van der Waals surface area contributed by atoms with Gasteiger partial charge in [-0.15, -0.1) is 0 Å². The van der Waals surface area contributed by atoms with E-state index in [2.05, 4.69) is 52.4 Å². The van der Waals surface area contributed by atoms with Gasteiger partial charge in [0.1, 0.15) is 18.2 Å². The number of hydrogen-bond donors (Lipinski definition) is 1. The van der Waals surface area contributed by atoms with Gasteiger partial charge in [0.05, 0.1) is 4.47 Å². The largest absolute Gasteiger partial charge is 0.488 e. The standard InChI is InChI=1S/C17H19BrFNO/c1-12(10-20-2)14-5-3-13(4-6-14)11-21-17-8-7-15(19)9-16(17)18/h3-9,12,20H,10-11H2,1-2H3. The summed E-state index contributed by atoms with van der Waals surface area (Å²) in [6, 6.07) is 12.8. The third-order valence-electron chi connectivity index (χ3n) is 3.35. The van der Waals surface area contributed by atoms with Gasteiger partial charge < -0.3 is 10.1 Å². The lowest BCUT2D eigenvalue weighted by molar-refractivity contribution is 0.303. The van der Waals surface area contributed by atoms with Crippen LogP contribution in [0.5, 0.6) is 5.75 Å². The fourth-order valence-electron chi connectivity index (χ4n) is 2.12. The number of rotatable bonds is 6. The molecule has 2 nitrogen and oxygen atoms in total. The van der Waals surface area contributed by atoms with E-state index in [0.717, 1.165) is 12.1 Å². The number of ether oxygens (including phenoxy) is 1.